The van der Waals surface area contributed by atoms with Crippen LogP contribution in [0.15, 0.2) is 0 Å². The van der Waals surface area contributed by atoms with Crippen LogP contribution in [-0.4, -0.2) is 53.1 Å². The number of carbonyl (C=O) groups excluding carboxylic acids is 4. The summed E-state index contributed by atoms with van der Waals surface area (Å²) in [4.78, 5) is 49.9. The number of hydrogen-bond acceptors (Lipinski definition) is 6. The lowest BCUT2D eigenvalue weighted by atomic mass is 9.84. The van der Waals surface area contributed by atoms with Gasteiger partial charge in [-0.15, -0.1) is 0 Å². The molecule has 25 heavy (non-hydrogen) atoms. The second-order valence-electron chi connectivity index (χ2n) is 7.14. The molecule has 1 amide bonds. The zero-order chi connectivity index (χ0) is 19.2. The predicted molar refractivity (Wildman–Crippen MR) is 92.7 cm³/mol. The van der Waals surface area contributed by atoms with Crippen LogP contribution in [0.2, 0.25) is 0 Å². The lowest BCUT2D eigenvalue weighted by molar-refractivity contribution is -0.148. The monoisotopic (exact) mass is 354 g/mol. The Morgan fingerprint density at radius 1 is 1.24 bits per heavy atom. The van der Waals surface area contributed by atoms with Gasteiger partial charge in [0.15, 0.2) is 5.78 Å². The molecule has 0 aromatic carbocycles. The Kier molecular flexibility index (Phi) is 7.73. The number of carbonyl (C=O) groups is 4. The summed E-state index contributed by atoms with van der Waals surface area (Å²) in [5.41, 5.74) is 4.52. The van der Waals surface area contributed by atoms with Crippen molar-refractivity contribution < 1.29 is 23.9 Å². The molecule has 1 saturated heterocycles. The van der Waals surface area contributed by atoms with Crippen molar-refractivity contribution >= 4 is 23.4 Å². The Bertz CT molecular complexity index is 532. The minimum absolute atomic E-state index is 0.0230. The number of ketones is 2. The van der Waals surface area contributed by atoms with Crippen molar-refractivity contribution in [2.75, 3.05) is 13.1 Å². The number of nitrogens with zero attached hydrogens (tertiary/aromatic N) is 1. The van der Waals surface area contributed by atoms with E-state index >= 15 is 0 Å². The van der Waals surface area contributed by atoms with Crippen LogP contribution < -0.4 is 5.73 Å². The van der Waals surface area contributed by atoms with E-state index in [1.54, 1.807) is 20.8 Å². The van der Waals surface area contributed by atoms with Gasteiger partial charge in [0.2, 0.25) is 5.91 Å². The number of esters is 1. The van der Waals surface area contributed by atoms with E-state index in [-0.39, 0.29) is 55.4 Å². The van der Waals surface area contributed by atoms with Gasteiger partial charge >= 0.3 is 5.97 Å². The number of likely N-dealkylation sites (tertiary alicyclic amines) is 1. The van der Waals surface area contributed by atoms with Crippen molar-refractivity contribution in [1.29, 1.82) is 0 Å². The summed E-state index contributed by atoms with van der Waals surface area (Å²) in [6.45, 7) is 7.04. The fourth-order valence-corrected chi connectivity index (χ4v) is 3.27. The van der Waals surface area contributed by atoms with Gasteiger partial charge < -0.3 is 15.4 Å². The Morgan fingerprint density at radius 3 is 2.40 bits per heavy atom. The molecule has 2 atom stereocenters. The second-order valence-corrected chi connectivity index (χ2v) is 7.14. The van der Waals surface area contributed by atoms with Gasteiger partial charge in [0.25, 0.3) is 0 Å². The molecule has 1 rings (SSSR count). The zero-order valence-corrected chi connectivity index (χ0v) is 15.7. The third-order valence-electron chi connectivity index (χ3n) is 4.79. The molecule has 0 aromatic heterocycles. The summed E-state index contributed by atoms with van der Waals surface area (Å²) in [6, 6.07) is 0. The van der Waals surface area contributed by atoms with Crippen LogP contribution in [0, 0.1) is 5.92 Å². The number of hydrogen-bond donors (Lipinski definition) is 1. The maximum absolute atomic E-state index is 12.8. The first-order chi connectivity index (χ1) is 11.6. The van der Waals surface area contributed by atoms with E-state index in [2.05, 4.69) is 0 Å². The first-order valence-corrected chi connectivity index (χ1v) is 8.85. The van der Waals surface area contributed by atoms with Crippen molar-refractivity contribution in [2.24, 2.45) is 11.7 Å². The summed E-state index contributed by atoms with van der Waals surface area (Å²) in [5, 5.41) is 0. The summed E-state index contributed by atoms with van der Waals surface area (Å²) >= 11 is 0. The summed E-state index contributed by atoms with van der Waals surface area (Å²) in [7, 11) is 0. The van der Waals surface area contributed by atoms with Crippen LogP contribution in [0.3, 0.4) is 0 Å². The van der Waals surface area contributed by atoms with Crippen LogP contribution in [0.5, 0.6) is 0 Å². The summed E-state index contributed by atoms with van der Waals surface area (Å²) < 4.78 is 5.07. The summed E-state index contributed by atoms with van der Waals surface area (Å²) in [6.07, 6.45) is 1.48. The topological polar surface area (TPSA) is 107 Å². The molecule has 0 aromatic rings. The third-order valence-corrected chi connectivity index (χ3v) is 4.79. The molecule has 142 valence electrons. The van der Waals surface area contributed by atoms with E-state index in [1.165, 1.54) is 11.8 Å². The van der Waals surface area contributed by atoms with Gasteiger partial charge in [-0.2, -0.15) is 0 Å². The normalized spacial score (nSPS) is 21.3. The summed E-state index contributed by atoms with van der Waals surface area (Å²) in [5.74, 6) is -1.46. The lowest BCUT2D eigenvalue weighted by Crippen LogP contribution is -2.53. The molecular weight excluding hydrogens is 324 g/mol. The molecule has 1 fully saturated rings. The Hall–Kier alpha value is -1.76. The highest BCUT2D eigenvalue weighted by Crippen LogP contribution is 2.32. The van der Waals surface area contributed by atoms with Crippen LogP contribution in [-0.2, 0) is 23.9 Å². The van der Waals surface area contributed by atoms with Crippen LogP contribution in [0.1, 0.15) is 59.8 Å². The number of ether oxygens (including phenoxy) is 1. The fraction of sp³-hybridized carbons (Fsp3) is 0.778. The largest absolute Gasteiger partial charge is 0.463 e. The first-order valence-electron chi connectivity index (χ1n) is 8.85. The molecule has 2 unspecified atom stereocenters. The molecule has 1 heterocycles. The number of amides is 1. The standard InChI is InChI=1S/C18H30N2O5/c1-12(2)25-17(24)7-6-14(13(3)21)10-15(22)18(4)8-5-9-20(18)16(23)11-19/h12,14H,5-11,19H2,1-4H3. The minimum Gasteiger partial charge on any atom is -0.463 e. The molecule has 1 aliphatic rings. The molecule has 0 saturated carbocycles. The highest BCUT2D eigenvalue weighted by Gasteiger charge is 2.45. The molecule has 7 heteroatoms. The molecular formula is C18H30N2O5. The smallest absolute Gasteiger partial charge is 0.306 e. The van der Waals surface area contributed by atoms with Crippen molar-refractivity contribution in [2.45, 2.75) is 71.4 Å². The SMILES string of the molecule is CC(=O)C(CCC(=O)OC(C)C)CC(=O)C1(C)CCCN1C(=O)CN. The Balaban J connectivity index is 2.74. The van der Waals surface area contributed by atoms with E-state index < -0.39 is 11.5 Å². The zero-order valence-electron chi connectivity index (χ0n) is 15.7. The van der Waals surface area contributed by atoms with E-state index in [9.17, 15) is 19.2 Å². The maximum atomic E-state index is 12.8. The fourth-order valence-electron chi connectivity index (χ4n) is 3.27. The molecule has 0 radical (unpaired) electrons. The van der Waals surface area contributed by atoms with E-state index in [1.807, 2.05) is 0 Å². The quantitative estimate of drug-likeness (QED) is 0.624. The molecule has 0 spiro atoms. The Morgan fingerprint density at radius 2 is 1.88 bits per heavy atom. The van der Waals surface area contributed by atoms with Crippen molar-refractivity contribution in [3.63, 3.8) is 0 Å². The molecule has 0 bridgehead atoms. The Labute approximate surface area is 149 Å². The van der Waals surface area contributed by atoms with E-state index in [0.717, 1.165) is 6.42 Å². The highest BCUT2D eigenvalue weighted by molar-refractivity contribution is 5.96. The maximum Gasteiger partial charge on any atom is 0.306 e. The molecule has 0 aliphatic carbocycles. The number of nitrogens with two attached hydrogens (primary N) is 1. The van der Waals surface area contributed by atoms with E-state index in [0.29, 0.717) is 13.0 Å². The average molecular weight is 354 g/mol. The van der Waals surface area contributed by atoms with Crippen LogP contribution >= 0.6 is 0 Å². The van der Waals surface area contributed by atoms with Gasteiger partial charge in [0, 0.05) is 25.3 Å². The minimum atomic E-state index is -0.914. The van der Waals surface area contributed by atoms with E-state index in [4.69, 9.17) is 10.5 Å². The second kappa shape index (κ2) is 9.08. The van der Waals surface area contributed by atoms with Crippen molar-refractivity contribution in [3.8, 4) is 0 Å². The number of Topliss-reactive ketones (excluding diaryl/α,β-unsaturated/α-hetero) is 2. The predicted octanol–water partition coefficient (Wildman–Crippen LogP) is 1.22. The van der Waals surface area contributed by atoms with Crippen LogP contribution in [0.25, 0.3) is 0 Å². The van der Waals surface area contributed by atoms with Crippen molar-refractivity contribution in [3.05, 3.63) is 0 Å². The average Bonchev–Trinajstić information content (AvgIpc) is 2.92. The lowest BCUT2D eigenvalue weighted by Gasteiger charge is -2.34. The van der Waals surface area contributed by atoms with Gasteiger partial charge in [0.1, 0.15) is 5.78 Å². The van der Waals surface area contributed by atoms with Gasteiger partial charge in [-0.05, 0) is 47.0 Å². The first kappa shape index (κ1) is 21.3. The number of rotatable bonds is 9. The molecule has 2 N–H and O–H groups in total. The van der Waals surface area contributed by atoms with Crippen LogP contribution in [0.4, 0.5) is 0 Å². The highest BCUT2D eigenvalue weighted by atomic mass is 16.5. The van der Waals surface area contributed by atoms with Gasteiger partial charge in [0.05, 0.1) is 18.2 Å². The van der Waals surface area contributed by atoms with Gasteiger partial charge in [-0.1, -0.05) is 0 Å². The third kappa shape index (κ3) is 5.63. The van der Waals surface area contributed by atoms with Crippen molar-refractivity contribution in [1.82, 2.24) is 4.90 Å². The molecule has 7 nitrogen and oxygen atoms in total. The van der Waals surface area contributed by atoms with Gasteiger partial charge in [-0.3, -0.25) is 19.2 Å². The van der Waals surface area contributed by atoms with Gasteiger partial charge in [-0.25, -0.2) is 0 Å². The molecule has 1 aliphatic heterocycles.